The number of nitrogens with one attached hydrogen (secondary N) is 1. The highest BCUT2D eigenvalue weighted by Crippen LogP contribution is 2.26. The van der Waals surface area contributed by atoms with Gasteiger partial charge in [-0.2, -0.15) is 0 Å². The van der Waals surface area contributed by atoms with Gasteiger partial charge in [0, 0.05) is 0 Å². The second kappa shape index (κ2) is 5.79. The number of hydrogen-bond acceptors (Lipinski definition) is 4. The summed E-state index contributed by atoms with van der Waals surface area (Å²) in [5.74, 6) is 0.513. The van der Waals surface area contributed by atoms with Gasteiger partial charge >= 0.3 is 0 Å². The molecule has 108 valence electrons. The lowest BCUT2D eigenvalue weighted by atomic mass is 9.93. The summed E-state index contributed by atoms with van der Waals surface area (Å²) in [6, 6.07) is 4.47. The van der Waals surface area contributed by atoms with Crippen molar-refractivity contribution < 1.29 is 13.2 Å². The van der Waals surface area contributed by atoms with Crippen molar-refractivity contribution >= 4 is 15.7 Å². The highest BCUT2D eigenvalue weighted by atomic mass is 32.2. The van der Waals surface area contributed by atoms with Crippen molar-refractivity contribution in [1.82, 2.24) is 4.72 Å². The molecule has 19 heavy (non-hydrogen) atoms. The van der Waals surface area contributed by atoms with Gasteiger partial charge in [0.1, 0.15) is 5.75 Å². The summed E-state index contributed by atoms with van der Waals surface area (Å²) in [6.07, 6.45) is 0.892. The first kappa shape index (κ1) is 15.8. The molecule has 0 aliphatic heterocycles. The smallest absolute Gasteiger partial charge is 0.240 e. The average molecular weight is 286 g/mol. The maximum Gasteiger partial charge on any atom is 0.240 e. The molecule has 1 aromatic carbocycles. The van der Waals surface area contributed by atoms with Crippen LogP contribution in [0.4, 0.5) is 5.69 Å². The first-order chi connectivity index (χ1) is 8.65. The van der Waals surface area contributed by atoms with Crippen LogP contribution in [-0.2, 0) is 10.0 Å². The molecule has 0 unspecified atom stereocenters. The Morgan fingerprint density at radius 2 is 1.95 bits per heavy atom. The van der Waals surface area contributed by atoms with Crippen LogP contribution in [0.25, 0.3) is 0 Å². The molecule has 0 spiro atoms. The van der Waals surface area contributed by atoms with Gasteiger partial charge in [-0.15, -0.1) is 0 Å². The average Bonchev–Trinajstić information content (AvgIpc) is 2.29. The first-order valence-corrected chi connectivity index (χ1v) is 7.60. The standard InChI is InChI=1S/C13H22N2O3S/c1-13(2,3)7-8-18-12-6-5-10(9-11(12)14)19(16,17)15-4/h5-6,9,15H,7-8,14H2,1-4H3. The number of anilines is 1. The van der Waals surface area contributed by atoms with Gasteiger partial charge in [-0.1, -0.05) is 20.8 Å². The van der Waals surface area contributed by atoms with Crippen LogP contribution in [0.1, 0.15) is 27.2 Å². The second-order valence-corrected chi connectivity index (χ2v) is 7.45. The maximum absolute atomic E-state index is 11.6. The summed E-state index contributed by atoms with van der Waals surface area (Å²) >= 11 is 0. The number of sulfonamides is 1. The number of benzene rings is 1. The molecule has 1 rings (SSSR count). The fraction of sp³-hybridized carbons (Fsp3) is 0.538. The Bertz CT molecular complexity index is 533. The minimum absolute atomic E-state index is 0.135. The van der Waals surface area contributed by atoms with Gasteiger partial charge in [0.2, 0.25) is 10.0 Å². The molecular weight excluding hydrogens is 264 g/mol. The van der Waals surface area contributed by atoms with E-state index in [4.69, 9.17) is 10.5 Å². The van der Waals surface area contributed by atoms with Crippen molar-refractivity contribution in [3.63, 3.8) is 0 Å². The Hall–Kier alpha value is -1.27. The summed E-state index contributed by atoms with van der Waals surface area (Å²) < 4.78 is 31.0. The minimum Gasteiger partial charge on any atom is -0.491 e. The normalized spacial score (nSPS) is 12.4. The van der Waals surface area contributed by atoms with Crippen LogP contribution in [-0.4, -0.2) is 22.1 Å². The number of nitrogens with two attached hydrogens (primary N) is 1. The molecule has 6 heteroatoms. The lowest BCUT2D eigenvalue weighted by molar-refractivity contribution is 0.244. The van der Waals surface area contributed by atoms with E-state index in [0.29, 0.717) is 18.0 Å². The molecule has 5 nitrogen and oxygen atoms in total. The van der Waals surface area contributed by atoms with Gasteiger partial charge in [0.25, 0.3) is 0 Å². The van der Waals surface area contributed by atoms with Crippen LogP contribution in [0.2, 0.25) is 0 Å². The Morgan fingerprint density at radius 3 is 2.42 bits per heavy atom. The summed E-state index contributed by atoms with van der Waals surface area (Å²) in [7, 11) is -2.11. The van der Waals surface area contributed by atoms with E-state index in [2.05, 4.69) is 25.5 Å². The molecule has 0 heterocycles. The molecule has 0 saturated carbocycles. The van der Waals surface area contributed by atoms with Crippen LogP contribution in [0.5, 0.6) is 5.75 Å². The number of rotatable bonds is 5. The van der Waals surface area contributed by atoms with E-state index in [0.717, 1.165) is 6.42 Å². The Kier molecular flexibility index (Phi) is 4.81. The molecule has 0 aliphatic rings. The number of nitrogen functional groups attached to an aromatic ring is 1. The SMILES string of the molecule is CNS(=O)(=O)c1ccc(OCCC(C)(C)C)c(N)c1. The van der Waals surface area contributed by atoms with Crippen molar-refractivity contribution in [3.05, 3.63) is 18.2 Å². The molecule has 0 fully saturated rings. The Balaban J connectivity index is 2.79. The monoisotopic (exact) mass is 286 g/mol. The summed E-state index contributed by atoms with van der Waals surface area (Å²) in [6.45, 7) is 6.93. The van der Waals surface area contributed by atoms with Gasteiger partial charge in [-0.05, 0) is 37.1 Å². The zero-order valence-electron chi connectivity index (χ0n) is 11.9. The quantitative estimate of drug-likeness (QED) is 0.811. The number of ether oxygens (including phenoxy) is 1. The fourth-order valence-corrected chi connectivity index (χ4v) is 2.18. The lowest BCUT2D eigenvalue weighted by Crippen LogP contribution is -2.18. The van der Waals surface area contributed by atoms with E-state index in [1.165, 1.54) is 19.2 Å². The van der Waals surface area contributed by atoms with Crippen molar-refractivity contribution in [3.8, 4) is 5.75 Å². The van der Waals surface area contributed by atoms with Gasteiger partial charge in [-0.3, -0.25) is 0 Å². The predicted molar refractivity (Wildman–Crippen MR) is 76.7 cm³/mol. The molecule has 0 bridgehead atoms. The van der Waals surface area contributed by atoms with E-state index < -0.39 is 10.0 Å². The number of hydrogen-bond donors (Lipinski definition) is 2. The van der Waals surface area contributed by atoms with E-state index >= 15 is 0 Å². The Morgan fingerprint density at radius 1 is 1.32 bits per heavy atom. The molecule has 0 radical (unpaired) electrons. The zero-order valence-corrected chi connectivity index (χ0v) is 12.7. The summed E-state index contributed by atoms with van der Waals surface area (Å²) in [4.78, 5) is 0.135. The second-order valence-electron chi connectivity index (χ2n) is 5.57. The van der Waals surface area contributed by atoms with Crippen molar-refractivity contribution in [2.45, 2.75) is 32.1 Å². The van der Waals surface area contributed by atoms with Crippen molar-refractivity contribution in [2.24, 2.45) is 5.41 Å². The Labute approximate surface area is 115 Å². The molecule has 0 amide bonds. The van der Waals surface area contributed by atoms with Crippen LogP contribution in [0, 0.1) is 5.41 Å². The summed E-state index contributed by atoms with van der Waals surface area (Å²) in [5.41, 5.74) is 6.31. The third kappa shape index (κ3) is 4.72. The predicted octanol–water partition coefficient (Wildman–Crippen LogP) is 1.99. The highest BCUT2D eigenvalue weighted by Gasteiger charge is 2.14. The third-order valence-electron chi connectivity index (χ3n) is 2.67. The van der Waals surface area contributed by atoms with E-state index in [-0.39, 0.29) is 10.3 Å². The van der Waals surface area contributed by atoms with Gasteiger partial charge in [-0.25, -0.2) is 13.1 Å². The molecule has 1 aromatic rings. The van der Waals surface area contributed by atoms with Gasteiger partial charge in [0.05, 0.1) is 17.2 Å². The van der Waals surface area contributed by atoms with Gasteiger partial charge in [0.15, 0.2) is 0 Å². The third-order valence-corrected chi connectivity index (χ3v) is 4.08. The molecule has 0 aliphatic carbocycles. The largest absolute Gasteiger partial charge is 0.491 e. The molecule has 0 aromatic heterocycles. The first-order valence-electron chi connectivity index (χ1n) is 6.11. The van der Waals surface area contributed by atoms with Crippen LogP contribution < -0.4 is 15.2 Å². The van der Waals surface area contributed by atoms with Gasteiger partial charge < -0.3 is 10.5 Å². The lowest BCUT2D eigenvalue weighted by Gasteiger charge is -2.18. The van der Waals surface area contributed by atoms with Crippen molar-refractivity contribution in [2.75, 3.05) is 19.4 Å². The van der Waals surface area contributed by atoms with Crippen LogP contribution >= 0.6 is 0 Å². The zero-order chi connectivity index (χ0) is 14.7. The molecule has 0 saturated heterocycles. The highest BCUT2D eigenvalue weighted by molar-refractivity contribution is 7.89. The van der Waals surface area contributed by atoms with Crippen LogP contribution in [0.3, 0.4) is 0 Å². The minimum atomic E-state index is -3.47. The molecular formula is C13H22N2O3S. The fourth-order valence-electron chi connectivity index (χ4n) is 1.41. The maximum atomic E-state index is 11.6. The molecule has 0 atom stereocenters. The topological polar surface area (TPSA) is 81.4 Å². The van der Waals surface area contributed by atoms with Crippen molar-refractivity contribution in [1.29, 1.82) is 0 Å². The van der Waals surface area contributed by atoms with Crippen LogP contribution in [0.15, 0.2) is 23.1 Å². The summed E-state index contributed by atoms with van der Waals surface area (Å²) in [5, 5.41) is 0. The van der Waals surface area contributed by atoms with E-state index in [1.807, 2.05) is 0 Å². The van der Waals surface area contributed by atoms with E-state index in [1.54, 1.807) is 6.07 Å². The molecule has 3 N–H and O–H groups in total. The van der Waals surface area contributed by atoms with E-state index in [9.17, 15) is 8.42 Å².